The minimum absolute atomic E-state index is 0.0508. The molecule has 2 aromatic heterocycles. The molecular formula is C14H19N4O+. The molecule has 2 heterocycles. The smallest absolute Gasteiger partial charge is 0.253 e. The van der Waals surface area contributed by atoms with Crippen LogP contribution in [-0.4, -0.2) is 16.0 Å². The van der Waals surface area contributed by atoms with Gasteiger partial charge in [0.25, 0.3) is 5.91 Å². The molecule has 0 bridgehead atoms. The largest absolute Gasteiger partial charge is 0.345 e. The SMILES string of the molecule is Cc1[nH][n+](C)c(C)c1[C@H](C)NC(=O)c1cccnc1. The molecule has 5 nitrogen and oxygen atoms in total. The summed E-state index contributed by atoms with van der Waals surface area (Å²) in [5, 5.41) is 6.22. The summed E-state index contributed by atoms with van der Waals surface area (Å²) >= 11 is 0. The average molecular weight is 259 g/mol. The molecular weight excluding hydrogens is 240 g/mol. The Balaban J connectivity index is 2.18. The van der Waals surface area contributed by atoms with Crippen LogP contribution in [0.2, 0.25) is 0 Å². The topological polar surface area (TPSA) is 61.7 Å². The van der Waals surface area contributed by atoms with Crippen molar-refractivity contribution >= 4 is 5.91 Å². The Kier molecular flexibility index (Phi) is 3.64. The molecule has 0 aliphatic heterocycles. The van der Waals surface area contributed by atoms with Crippen LogP contribution in [0.1, 0.15) is 40.3 Å². The Hall–Kier alpha value is -2.17. The Morgan fingerprint density at radius 2 is 2.21 bits per heavy atom. The number of aromatic nitrogens is 3. The van der Waals surface area contributed by atoms with Gasteiger partial charge in [0.2, 0.25) is 5.69 Å². The predicted molar refractivity (Wildman–Crippen MR) is 71.6 cm³/mol. The summed E-state index contributed by atoms with van der Waals surface area (Å²) in [6.45, 7) is 6.03. The first kappa shape index (κ1) is 13.3. The number of hydrogen-bond acceptors (Lipinski definition) is 2. The van der Waals surface area contributed by atoms with E-state index in [1.54, 1.807) is 24.5 Å². The minimum atomic E-state index is -0.108. The van der Waals surface area contributed by atoms with Gasteiger partial charge in [-0.25, -0.2) is 0 Å². The molecule has 0 aliphatic carbocycles. The minimum Gasteiger partial charge on any atom is -0.345 e. The van der Waals surface area contributed by atoms with Crippen LogP contribution in [0.3, 0.4) is 0 Å². The number of pyridine rings is 1. The monoisotopic (exact) mass is 259 g/mol. The van der Waals surface area contributed by atoms with Crippen molar-refractivity contribution in [2.45, 2.75) is 26.8 Å². The fourth-order valence-electron chi connectivity index (χ4n) is 2.33. The summed E-state index contributed by atoms with van der Waals surface area (Å²) in [6.07, 6.45) is 3.22. The molecule has 0 fully saturated rings. The van der Waals surface area contributed by atoms with E-state index in [1.807, 2.05) is 32.5 Å². The lowest BCUT2D eigenvalue weighted by atomic mass is 10.1. The number of carbonyl (C=O) groups excluding carboxylic acids is 1. The maximum absolute atomic E-state index is 12.1. The first-order chi connectivity index (χ1) is 9.00. The third-order valence-corrected chi connectivity index (χ3v) is 3.34. The fourth-order valence-corrected chi connectivity index (χ4v) is 2.33. The third-order valence-electron chi connectivity index (χ3n) is 3.34. The molecule has 1 atom stereocenters. The summed E-state index contributed by atoms with van der Waals surface area (Å²) < 4.78 is 1.96. The zero-order chi connectivity index (χ0) is 14.0. The van der Waals surface area contributed by atoms with Gasteiger partial charge in [-0.2, -0.15) is 5.10 Å². The number of aryl methyl sites for hydroxylation is 2. The highest BCUT2D eigenvalue weighted by Gasteiger charge is 2.22. The van der Waals surface area contributed by atoms with Gasteiger partial charge in [0.15, 0.2) is 7.05 Å². The van der Waals surface area contributed by atoms with Crippen molar-refractivity contribution in [2.75, 3.05) is 0 Å². The molecule has 2 N–H and O–H groups in total. The second-order valence-corrected chi connectivity index (χ2v) is 4.73. The van der Waals surface area contributed by atoms with Crippen LogP contribution in [0, 0.1) is 13.8 Å². The van der Waals surface area contributed by atoms with Crippen molar-refractivity contribution in [1.29, 1.82) is 0 Å². The van der Waals surface area contributed by atoms with Gasteiger partial charge in [-0.3, -0.25) is 9.78 Å². The van der Waals surface area contributed by atoms with E-state index in [0.29, 0.717) is 5.56 Å². The van der Waals surface area contributed by atoms with Gasteiger partial charge in [-0.15, -0.1) is 4.68 Å². The molecule has 100 valence electrons. The van der Waals surface area contributed by atoms with Crippen LogP contribution in [0.5, 0.6) is 0 Å². The third kappa shape index (κ3) is 2.65. The van der Waals surface area contributed by atoms with Crippen LogP contribution < -0.4 is 10.00 Å². The lowest BCUT2D eigenvalue weighted by molar-refractivity contribution is -0.732. The van der Waals surface area contributed by atoms with Crippen LogP contribution in [0.15, 0.2) is 24.5 Å². The van der Waals surface area contributed by atoms with E-state index >= 15 is 0 Å². The number of rotatable bonds is 3. The van der Waals surface area contributed by atoms with Gasteiger partial charge < -0.3 is 5.32 Å². The van der Waals surface area contributed by atoms with Crippen LogP contribution in [-0.2, 0) is 7.05 Å². The molecule has 0 spiro atoms. The second-order valence-electron chi connectivity index (χ2n) is 4.73. The molecule has 19 heavy (non-hydrogen) atoms. The molecule has 2 aromatic rings. The zero-order valence-corrected chi connectivity index (χ0v) is 11.7. The number of amides is 1. The standard InChI is InChI=1S/C14H18N4O/c1-9(13-10(2)17-18(4)11(13)3)16-14(19)12-6-5-7-15-8-12/h5-9H,1-4H3,(H,16,19)/p+1/t9-/m0/s1. The van der Waals surface area contributed by atoms with E-state index in [2.05, 4.69) is 15.4 Å². The van der Waals surface area contributed by atoms with Crippen LogP contribution in [0.25, 0.3) is 0 Å². The van der Waals surface area contributed by atoms with Crippen molar-refractivity contribution in [3.63, 3.8) is 0 Å². The Morgan fingerprint density at radius 1 is 1.47 bits per heavy atom. The van der Waals surface area contributed by atoms with E-state index in [0.717, 1.165) is 17.0 Å². The van der Waals surface area contributed by atoms with Gasteiger partial charge >= 0.3 is 0 Å². The molecule has 0 aromatic carbocycles. The molecule has 2 rings (SSSR count). The van der Waals surface area contributed by atoms with Crippen molar-refractivity contribution in [2.24, 2.45) is 7.05 Å². The fraction of sp³-hybridized carbons (Fsp3) is 0.357. The molecule has 1 amide bonds. The van der Waals surface area contributed by atoms with E-state index in [1.165, 1.54) is 0 Å². The lowest BCUT2D eigenvalue weighted by Gasteiger charge is -2.12. The number of aromatic amines is 1. The molecule has 5 heteroatoms. The molecule has 0 unspecified atom stereocenters. The Morgan fingerprint density at radius 3 is 2.74 bits per heavy atom. The van der Waals surface area contributed by atoms with Crippen LogP contribution in [0.4, 0.5) is 0 Å². The first-order valence-corrected chi connectivity index (χ1v) is 6.26. The second kappa shape index (κ2) is 5.22. The zero-order valence-electron chi connectivity index (χ0n) is 11.7. The summed E-state index contributed by atoms with van der Waals surface area (Å²) in [4.78, 5) is 16.0. The van der Waals surface area contributed by atoms with Gasteiger partial charge in [0.1, 0.15) is 0 Å². The van der Waals surface area contributed by atoms with Crippen molar-refractivity contribution < 1.29 is 9.48 Å². The molecule has 0 saturated heterocycles. The first-order valence-electron chi connectivity index (χ1n) is 6.26. The quantitative estimate of drug-likeness (QED) is 0.817. The summed E-state index contributed by atoms with van der Waals surface area (Å²) in [6, 6.07) is 3.46. The number of hydrogen-bond donors (Lipinski definition) is 2. The van der Waals surface area contributed by atoms with E-state index in [4.69, 9.17) is 0 Å². The van der Waals surface area contributed by atoms with Gasteiger partial charge in [-0.1, -0.05) is 0 Å². The van der Waals surface area contributed by atoms with Gasteiger partial charge in [0.05, 0.1) is 22.9 Å². The van der Waals surface area contributed by atoms with E-state index in [-0.39, 0.29) is 11.9 Å². The molecule has 0 aliphatic rings. The predicted octanol–water partition coefficient (Wildman–Crippen LogP) is 1.34. The van der Waals surface area contributed by atoms with Gasteiger partial charge in [0, 0.05) is 19.3 Å². The highest BCUT2D eigenvalue weighted by Crippen LogP contribution is 2.18. The van der Waals surface area contributed by atoms with Crippen molar-refractivity contribution in [3.05, 3.63) is 47.0 Å². The Bertz CT molecular complexity index is 589. The summed E-state index contributed by atoms with van der Waals surface area (Å²) in [5.41, 5.74) is 3.89. The maximum atomic E-state index is 12.1. The maximum Gasteiger partial charge on any atom is 0.253 e. The average Bonchev–Trinajstić information content (AvgIpc) is 2.64. The normalized spacial score (nSPS) is 12.2. The number of carbonyl (C=O) groups is 1. The molecule has 0 saturated carbocycles. The van der Waals surface area contributed by atoms with Crippen LogP contribution >= 0.6 is 0 Å². The summed E-state index contributed by atoms with van der Waals surface area (Å²) in [5.74, 6) is -0.108. The van der Waals surface area contributed by atoms with E-state index < -0.39 is 0 Å². The number of nitrogens with zero attached hydrogens (tertiary/aromatic N) is 2. The number of H-pyrrole nitrogens is 1. The Labute approximate surface area is 112 Å². The van der Waals surface area contributed by atoms with Crippen molar-refractivity contribution in [1.82, 2.24) is 15.4 Å². The molecule has 0 radical (unpaired) electrons. The van der Waals surface area contributed by atoms with E-state index in [9.17, 15) is 4.79 Å². The summed E-state index contributed by atoms with van der Waals surface area (Å²) in [7, 11) is 1.96. The van der Waals surface area contributed by atoms with Gasteiger partial charge in [-0.05, 0) is 26.0 Å². The highest BCUT2D eigenvalue weighted by atomic mass is 16.1. The lowest BCUT2D eigenvalue weighted by Crippen LogP contribution is -2.34. The van der Waals surface area contributed by atoms with Crippen molar-refractivity contribution in [3.8, 4) is 0 Å². The number of nitrogens with one attached hydrogen (secondary N) is 2. The highest BCUT2D eigenvalue weighted by molar-refractivity contribution is 5.94.